The third-order valence-electron chi connectivity index (χ3n) is 0.855. The van der Waals surface area contributed by atoms with E-state index >= 15 is 0 Å². The summed E-state index contributed by atoms with van der Waals surface area (Å²) in [6.45, 7) is 3.45. The maximum atomic E-state index is 10.4. The molecule has 0 unspecified atom stereocenters. The summed E-state index contributed by atoms with van der Waals surface area (Å²) in [5.41, 5.74) is 0. The highest BCUT2D eigenvalue weighted by molar-refractivity contribution is 7.99. The molecule has 5 heteroatoms. The Morgan fingerprint density at radius 3 is 2.91 bits per heavy atom. The normalized spacial score (nSPS) is 12.5. The van der Waals surface area contributed by atoms with Gasteiger partial charge in [-0.25, -0.2) is 4.72 Å². The lowest BCUT2D eigenvalue weighted by Gasteiger charge is -2.08. The highest BCUT2D eigenvalue weighted by Gasteiger charge is 2.13. The minimum atomic E-state index is -0.898. The second kappa shape index (κ2) is 6.57. The Morgan fingerprint density at radius 1 is 1.91 bits per heavy atom. The highest BCUT2D eigenvalue weighted by atomic mass is 32.2. The summed E-state index contributed by atoms with van der Waals surface area (Å²) in [7, 11) is 0. The van der Waals surface area contributed by atoms with Crippen molar-refractivity contribution in [1.29, 1.82) is 0 Å². The maximum Gasteiger partial charge on any atom is 0.322 e. The SMILES string of the molecule is C=C[CH]SN[C@@H](CS)C(=O)O. The van der Waals surface area contributed by atoms with Gasteiger partial charge in [-0.3, -0.25) is 4.79 Å². The monoisotopic (exact) mass is 192 g/mol. The molecule has 0 aliphatic carbocycles. The number of aliphatic carboxylic acids is 1. The van der Waals surface area contributed by atoms with Crippen LogP contribution in [0.5, 0.6) is 0 Å². The zero-order valence-corrected chi connectivity index (χ0v) is 7.57. The summed E-state index contributed by atoms with van der Waals surface area (Å²) < 4.78 is 2.68. The molecule has 0 aliphatic rings. The Balaban J connectivity index is 3.52. The van der Waals surface area contributed by atoms with Crippen molar-refractivity contribution in [1.82, 2.24) is 4.72 Å². The quantitative estimate of drug-likeness (QED) is 0.333. The standard InChI is InChI=1S/C6H10NO2S2/c1-2-3-11-7-5(4-10)6(8)9/h2-3,5,7,10H,1,4H2,(H,8,9)/t5-/m0/s1. The predicted molar refractivity (Wildman–Crippen MR) is 50.5 cm³/mol. The number of carbonyl (C=O) groups is 1. The topological polar surface area (TPSA) is 49.3 Å². The second-order valence-corrected chi connectivity index (χ2v) is 2.79. The molecule has 0 saturated heterocycles. The first-order valence-corrected chi connectivity index (χ1v) is 4.42. The number of thiol groups is 1. The minimum Gasteiger partial charge on any atom is -0.480 e. The van der Waals surface area contributed by atoms with Crippen molar-refractivity contribution in [2.45, 2.75) is 6.04 Å². The van der Waals surface area contributed by atoms with Gasteiger partial charge < -0.3 is 5.11 Å². The molecule has 1 radical (unpaired) electrons. The van der Waals surface area contributed by atoms with Gasteiger partial charge in [-0.2, -0.15) is 12.6 Å². The van der Waals surface area contributed by atoms with Crippen molar-refractivity contribution in [2.75, 3.05) is 5.75 Å². The van der Waals surface area contributed by atoms with Crippen LogP contribution in [0.15, 0.2) is 12.7 Å². The van der Waals surface area contributed by atoms with Gasteiger partial charge in [-0.15, -0.1) is 6.58 Å². The third kappa shape index (κ3) is 5.17. The first kappa shape index (κ1) is 10.9. The van der Waals surface area contributed by atoms with Gasteiger partial charge in [0.1, 0.15) is 6.04 Å². The van der Waals surface area contributed by atoms with E-state index in [1.165, 1.54) is 11.9 Å². The zero-order chi connectivity index (χ0) is 8.69. The molecule has 0 aromatic rings. The van der Waals surface area contributed by atoms with Crippen LogP contribution >= 0.6 is 24.6 Å². The van der Waals surface area contributed by atoms with Gasteiger partial charge in [0.05, 0.1) is 5.75 Å². The molecule has 1 atom stereocenters. The van der Waals surface area contributed by atoms with Crippen LogP contribution in [-0.2, 0) is 4.79 Å². The molecular formula is C6H10NO2S2. The van der Waals surface area contributed by atoms with Gasteiger partial charge in [0.25, 0.3) is 0 Å². The van der Waals surface area contributed by atoms with E-state index in [1.807, 2.05) is 0 Å². The first-order chi connectivity index (χ1) is 5.22. The van der Waals surface area contributed by atoms with Crippen LogP contribution in [-0.4, -0.2) is 22.9 Å². The van der Waals surface area contributed by atoms with Crippen LogP contribution in [0.2, 0.25) is 0 Å². The van der Waals surface area contributed by atoms with Gasteiger partial charge >= 0.3 is 5.97 Å². The van der Waals surface area contributed by atoms with Crippen LogP contribution < -0.4 is 4.72 Å². The van der Waals surface area contributed by atoms with E-state index in [1.54, 1.807) is 11.8 Å². The number of rotatable bonds is 6. The van der Waals surface area contributed by atoms with Gasteiger partial charge in [0, 0.05) is 5.75 Å². The molecule has 0 bridgehead atoms. The van der Waals surface area contributed by atoms with Crippen LogP contribution in [0, 0.1) is 5.75 Å². The molecule has 3 nitrogen and oxygen atoms in total. The van der Waals surface area contributed by atoms with Crippen molar-refractivity contribution in [2.24, 2.45) is 0 Å². The molecule has 0 aliphatic heterocycles. The first-order valence-electron chi connectivity index (χ1n) is 2.91. The molecule has 11 heavy (non-hydrogen) atoms. The minimum absolute atomic E-state index is 0.271. The van der Waals surface area contributed by atoms with E-state index in [4.69, 9.17) is 5.11 Å². The molecule has 0 aromatic heterocycles. The van der Waals surface area contributed by atoms with Gasteiger partial charge in [-0.05, 0) is 0 Å². The molecular weight excluding hydrogens is 182 g/mol. The van der Waals surface area contributed by atoms with Gasteiger partial charge in [0.15, 0.2) is 0 Å². The van der Waals surface area contributed by atoms with E-state index in [-0.39, 0.29) is 5.75 Å². The third-order valence-corrected chi connectivity index (χ3v) is 1.97. The Kier molecular flexibility index (Phi) is 6.49. The summed E-state index contributed by atoms with van der Waals surface area (Å²) in [6, 6.07) is -0.612. The van der Waals surface area contributed by atoms with Crippen molar-refractivity contribution in [3.05, 3.63) is 18.4 Å². The molecule has 0 aromatic carbocycles. The molecule has 0 amide bonds. The molecule has 0 fully saturated rings. The number of carboxylic acids is 1. The number of hydrogen-bond donors (Lipinski definition) is 3. The fraction of sp³-hybridized carbons (Fsp3) is 0.333. The predicted octanol–water partition coefficient (Wildman–Crippen LogP) is 0.955. The molecule has 0 rings (SSSR count). The van der Waals surface area contributed by atoms with Gasteiger partial charge in [-0.1, -0.05) is 18.0 Å². The average Bonchev–Trinajstić information content (AvgIpc) is 1.97. The second-order valence-electron chi connectivity index (χ2n) is 1.68. The number of carboxylic acid groups (broad SMARTS) is 1. The Labute approximate surface area is 75.8 Å². The highest BCUT2D eigenvalue weighted by Crippen LogP contribution is 2.02. The zero-order valence-electron chi connectivity index (χ0n) is 5.86. The Hall–Kier alpha value is -0.130. The summed E-state index contributed by atoms with van der Waals surface area (Å²) >= 11 is 5.05. The average molecular weight is 192 g/mol. The lowest BCUT2D eigenvalue weighted by molar-refractivity contribution is -0.138. The fourth-order valence-corrected chi connectivity index (χ4v) is 1.23. The van der Waals surface area contributed by atoms with E-state index in [0.717, 1.165) is 0 Å². The van der Waals surface area contributed by atoms with E-state index in [0.29, 0.717) is 0 Å². The molecule has 2 N–H and O–H groups in total. The lowest BCUT2D eigenvalue weighted by Crippen LogP contribution is -2.33. The van der Waals surface area contributed by atoms with E-state index < -0.39 is 12.0 Å². The molecule has 63 valence electrons. The summed E-state index contributed by atoms with van der Waals surface area (Å²) in [4.78, 5) is 10.4. The largest absolute Gasteiger partial charge is 0.480 e. The maximum absolute atomic E-state index is 10.4. The van der Waals surface area contributed by atoms with Crippen molar-refractivity contribution < 1.29 is 9.90 Å². The van der Waals surface area contributed by atoms with Crippen LogP contribution in [0.4, 0.5) is 0 Å². The Bertz CT molecular complexity index is 141. The van der Waals surface area contributed by atoms with E-state index in [2.05, 4.69) is 23.9 Å². The summed E-state index contributed by atoms with van der Waals surface area (Å²) in [5.74, 6) is 1.04. The number of nitrogens with one attached hydrogen (secondary N) is 1. The van der Waals surface area contributed by atoms with Gasteiger partial charge in [0.2, 0.25) is 0 Å². The molecule has 0 spiro atoms. The van der Waals surface area contributed by atoms with Crippen LogP contribution in [0.1, 0.15) is 0 Å². The van der Waals surface area contributed by atoms with Crippen molar-refractivity contribution >= 4 is 30.5 Å². The summed E-state index contributed by atoms with van der Waals surface area (Å²) in [5, 5.41) is 8.51. The van der Waals surface area contributed by atoms with Crippen molar-refractivity contribution in [3.63, 3.8) is 0 Å². The smallest absolute Gasteiger partial charge is 0.322 e. The summed E-state index contributed by atoms with van der Waals surface area (Å²) in [6.07, 6.45) is 1.58. The van der Waals surface area contributed by atoms with E-state index in [9.17, 15) is 4.79 Å². The van der Waals surface area contributed by atoms with Crippen molar-refractivity contribution in [3.8, 4) is 0 Å². The van der Waals surface area contributed by atoms with Crippen LogP contribution in [0.25, 0.3) is 0 Å². The fourth-order valence-electron chi connectivity index (χ4n) is 0.335. The number of hydrogen-bond acceptors (Lipinski definition) is 4. The molecule has 0 saturated carbocycles. The van der Waals surface area contributed by atoms with Crippen LogP contribution in [0.3, 0.4) is 0 Å². The lowest BCUT2D eigenvalue weighted by atomic mass is 10.4. The Morgan fingerprint density at radius 2 is 2.55 bits per heavy atom. The molecule has 0 heterocycles.